The molecule has 1 aromatic heterocycles. The Morgan fingerprint density at radius 2 is 1.82 bits per heavy atom. The monoisotopic (exact) mass is 294 g/mol. The zero-order valence-electron chi connectivity index (χ0n) is 12.7. The third-order valence-corrected chi connectivity index (χ3v) is 3.63. The molecule has 2 aromatic carbocycles. The fourth-order valence-corrected chi connectivity index (χ4v) is 2.54. The third kappa shape index (κ3) is 2.92. The van der Waals surface area contributed by atoms with E-state index in [-0.39, 0.29) is 12.4 Å². The molecule has 0 aliphatic carbocycles. The number of ether oxygens (including phenoxy) is 1. The van der Waals surface area contributed by atoms with Gasteiger partial charge in [0.2, 0.25) is 0 Å². The molecule has 0 unspecified atom stereocenters. The quantitative estimate of drug-likeness (QED) is 0.801. The lowest BCUT2D eigenvalue weighted by molar-refractivity contribution is 0.177. The average molecular weight is 294 g/mol. The van der Waals surface area contributed by atoms with Crippen molar-refractivity contribution in [3.63, 3.8) is 0 Å². The lowest BCUT2D eigenvalue weighted by Crippen LogP contribution is -2.04. The molecule has 0 radical (unpaired) electrons. The van der Waals surface area contributed by atoms with Gasteiger partial charge in [0, 0.05) is 13.5 Å². The van der Waals surface area contributed by atoms with E-state index in [1.54, 1.807) is 14.0 Å². The predicted octanol–water partition coefficient (Wildman–Crippen LogP) is 3.38. The van der Waals surface area contributed by atoms with Crippen molar-refractivity contribution in [2.24, 2.45) is 0 Å². The second-order valence-corrected chi connectivity index (χ2v) is 5.31. The van der Waals surface area contributed by atoms with E-state index in [9.17, 15) is 5.11 Å². The smallest absolute Gasteiger partial charge is 0.160 e. The fourth-order valence-electron chi connectivity index (χ4n) is 2.54. The van der Waals surface area contributed by atoms with Crippen LogP contribution in [0.15, 0.2) is 42.5 Å². The Morgan fingerprint density at radius 1 is 1.05 bits per heavy atom. The normalized spacial score (nSPS) is 11.0. The van der Waals surface area contributed by atoms with Crippen LogP contribution in [0.2, 0.25) is 0 Å². The van der Waals surface area contributed by atoms with E-state index in [0.717, 1.165) is 5.56 Å². The topological polar surface area (TPSA) is 55.2 Å². The van der Waals surface area contributed by atoms with Gasteiger partial charge < -0.3 is 9.84 Å². The van der Waals surface area contributed by atoms with Crippen LogP contribution in [-0.4, -0.2) is 22.2 Å². The van der Waals surface area contributed by atoms with Crippen molar-refractivity contribution in [3.8, 4) is 5.75 Å². The van der Waals surface area contributed by atoms with Crippen LogP contribution in [0, 0.1) is 6.92 Å². The van der Waals surface area contributed by atoms with Gasteiger partial charge in [-0.1, -0.05) is 42.5 Å². The number of hydrogen-bond donors (Lipinski definition) is 1. The van der Waals surface area contributed by atoms with Gasteiger partial charge in [0.1, 0.15) is 11.5 Å². The van der Waals surface area contributed by atoms with E-state index in [4.69, 9.17) is 4.74 Å². The van der Waals surface area contributed by atoms with E-state index < -0.39 is 0 Å². The maximum atomic E-state index is 9.96. The third-order valence-electron chi connectivity index (χ3n) is 3.63. The largest absolute Gasteiger partial charge is 0.504 e. The maximum absolute atomic E-state index is 9.96. The van der Waals surface area contributed by atoms with Crippen molar-refractivity contribution < 1.29 is 9.84 Å². The molecule has 0 saturated carbocycles. The Bertz CT molecular complexity index is 815. The number of aromatic nitrogens is 2. The summed E-state index contributed by atoms with van der Waals surface area (Å²) >= 11 is 0. The summed E-state index contributed by atoms with van der Waals surface area (Å²) in [5, 5.41) is 12.4. The van der Waals surface area contributed by atoms with E-state index in [0.29, 0.717) is 23.6 Å². The minimum atomic E-state index is 0.115. The second-order valence-electron chi connectivity index (χ2n) is 5.31. The number of nitrogens with zero attached hydrogens (tertiary/aromatic N) is 2. The molecule has 0 bridgehead atoms. The average Bonchev–Trinajstić information content (AvgIpc) is 2.52. The Kier molecular flexibility index (Phi) is 4.02. The number of rotatable bonds is 4. The summed E-state index contributed by atoms with van der Waals surface area (Å²) in [5.74, 6) is 0.807. The number of hydrogen-bond acceptors (Lipinski definition) is 4. The van der Waals surface area contributed by atoms with Crippen LogP contribution < -0.4 is 0 Å². The summed E-state index contributed by atoms with van der Waals surface area (Å²) in [4.78, 5) is 8.79. The molecule has 112 valence electrons. The number of fused-ring (bicyclic) bond motifs is 1. The Morgan fingerprint density at radius 3 is 2.59 bits per heavy atom. The predicted molar refractivity (Wildman–Crippen MR) is 85.9 cm³/mol. The van der Waals surface area contributed by atoms with Crippen LogP contribution in [0.25, 0.3) is 10.8 Å². The first-order chi connectivity index (χ1) is 10.7. The second kappa shape index (κ2) is 6.12. The van der Waals surface area contributed by atoms with Crippen molar-refractivity contribution in [2.75, 3.05) is 7.11 Å². The first-order valence-electron chi connectivity index (χ1n) is 7.19. The number of benzene rings is 2. The fraction of sp³-hybridized carbons (Fsp3) is 0.222. The molecule has 1 heterocycles. The lowest BCUT2D eigenvalue weighted by atomic mass is 10.0. The summed E-state index contributed by atoms with van der Waals surface area (Å²) in [7, 11) is 1.58. The van der Waals surface area contributed by atoms with Gasteiger partial charge >= 0.3 is 0 Å². The molecule has 4 heteroatoms. The standard InChI is InChI=1S/C18H18N2O2/c1-12-18(21)16(11-22-2)20-17(19-12)10-13-7-8-14-5-3-4-6-15(14)9-13/h3-9,21H,10-11H2,1-2H3. The summed E-state index contributed by atoms with van der Waals surface area (Å²) in [6.45, 7) is 2.06. The first kappa shape index (κ1) is 14.5. The Hall–Kier alpha value is -2.46. The molecular formula is C18H18N2O2. The van der Waals surface area contributed by atoms with Crippen LogP contribution in [0.4, 0.5) is 0 Å². The molecule has 0 fully saturated rings. The van der Waals surface area contributed by atoms with E-state index >= 15 is 0 Å². The van der Waals surface area contributed by atoms with Crippen LogP contribution >= 0.6 is 0 Å². The lowest BCUT2D eigenvalue weighted by Gasteiger charge is -2.09. The zero-order valence-corrected chi connectivity index (χ0v) is 12.7. The Balaban J connectivity index is 1.94. The molecular weight excluding hydrogens is 276 g/mol. The minimum absolute atomic E-state index is 0.115. The highest BCUT2D eigenvalue weighted by Crippen LogP contribution is 2.21. The van der Waals surface area contributed by atoms with Gasteiger partial charge in [0.05, 0.1) is 12.3 Å². The molecule has 22 heavy (non-hydrogen) atoms. The molecule has 0 saturated heterocycles. The number of aryl methyl sites for hydroxylation is 1. The highest BCUT2D eigenvalue weighted by atomic mass is 16.5. The highest BCUT2D eigenvalue weighted by Gasteiger charge is 2.11. The van der Waals surface area contributed by atoms with Gasteiger partial charge in [0.25, 0.3) is 0 Å². The van der Waals surface area contributed by atoms with Crippen LogP contribution in [-0.2, 0) is 17.8 Å². The van der Waals surface area contributed by atoms with Crippen molar-refractivity contribution in [1.82, 2.24) is 9.97 Å². The van der Waals surface area contributed by atoms with Gasteiger partial charge in [-0.3, -0.25) is 0 Å². The van der Waals surface area contributed by atoms with Crippen molar-refractivity contribution >= 4 is 10.8 Å². The van der Waals surface area contributed by atoms with Gasteiger partial charge in [-0.25, -0.2) is 9.97 Å². The molecule has 0 atom stereocenters. The van der Waals surface area contributed by atoms with Crippen LogP contribution in [0.1, 0.15) is 22.8 Å². The van der Waals surface area contributed by atoms with Gasteiger partial charge in [-0.2, -0.15) is 0 Å². The molecule has 0 amide bonds. The molecule has 1 N–H and O–H groups in total. The van der Waals surface area contributed by atoms with Crippen molar-refractivity contribution in [1.29, 1.82) is 0 Å². The molecule has 0 aliphatic rings. The highest BCUT2D eigenvalue weighted by molar-refractivity contribution is 5.83. The van der Waals surface area contributed by atoms with E-state index in [2.05, 4.69) is 40.3 Å². The van der Waals surface area contributed by atoms with Crippen molar-refractivity contribution in [2.45, 2.75) is 20.0 Å². The molecule has 0 spiro atoms. The zero-order chi connectivity index (χ0) is 15.5. The van der Waals surface area contributed by atoms with Gasteiger partial charge in [-0.15, -0.1) is 0 Å². The summed E-state index contributed by atoms with van der Waals surface area (Å²) in [6.07, 6.45) is 0.628. The summed E-state index contributed by atoms with van der Waals surface area (Å²) in [6, 6.07) is 14.6. The number of methoxy groups -OCH3 is 1. The van der Waals surface area contributed by atoms with Gasteiger partial charge in [-0.05, 0) is 23.3 Å². The molecule has 0 aliphatic heterocycles. The molecule has 3 aromatic rings. The Labute approximate surface area is 129 Å². The SMILES string of the molecule is COCc1nc(Cc2ccc3ccccc3c2)nc(C)c1O. The summed E-state index contributed by atoms with van der Waals surface area (Å²) < 4.78 is 5.08. The van der Waals surface area contributed by atoms with E-state index in [1.165, 1.54) is 10.8 Å². The van der Waals surface area contributed by atoms with E-state index in [1.807, 2.05) is 12.1 Å². The molecule has 3 rings (SSSR count). The maximum Gasteiger partial charge on any atom is 0.160 e. The van der Waals surface area contributed by atoms with Crippen molar-refractivity contribution in [3.05, 3.63) is 65.2 Å². The van der Waals surface area contributed by atoms with Gasteiger partial charge in [0.15, 0.2) is 5.75 Å². The minimum Gasteiger partial charge on any atom is -0.504 e. The first-order valence-corrected chi connectivity index (χ1v) is 7.19. The van der Waals surface area contributed by atoms with Crippen LogP contribution in [0.3, 0.4) is 0 Å². The summed E-state index contributed by atoms with van der Waals surface area (Å²) in [5.41, 5.74) is 2.26. The van der Waals surface area contributed by atoms with Crippen LogP contribution in [0.5, 0.6) is 5.75 Å². The number of aromatic hydroxyl groups is 1. The molecule has 4 nitrogen and oxygen atoms in total.